The number of hydrogen-bond donors (Lipinski definition) is 0. The molecule has 0 bridgehead atoms. The van der Waals surface area contributed by atoms with Crippen LogP contribution in [0.2, 0.25) is 18.1 Å². The minimum atomic E-state index is -1.86. The van der Waals surface area contributed by atoms with E-state index >= 15 is 0 Å². The first-order valence-electron chi connectivity index (χ1n) is 7.99. The molecule has 3 nitrogen and oxygen atoms in total. The normalized spacial score (nSPS) is 14.9. The Labute approximate surface area is 142 Å². The van der Waals surface area contributed by atoms with E-state index < -0.39 is 8.32 Å². The highest BCUT2D eigenvalue weighted by Gasteiger charge is 2.39. The van der Waals surface area contributed by atoms with Crippen LogP contribution in [-0.2, 0) is 15.8 Å². The molecule has 0 saturated heterocycles. The summed E-state index contributed by atoms with van der Waals surface area (Å²) in [6, 6.07) is 7.79. The van der Waals surface area contributed by atoms with Crippen LogP contribution in [0.3, 0.4) is 0 Å². The summed E-state index contributed by atoms with van der Waals surface area (Å²) in [7, 11) is -0.207. The Morgan fingerprint density at radius 2 is 1.74 bits per heavy atom. The third-order valence-electron chi connectivity index (χ3n) is 4.47. The highest BCUT2D eigenvalue weighted by molar-refractivity contribution is 6.74. The van der Waals surface area contributed by atoms with Crippen LogP contribution < -0.4 is 4.74 Å². The van der Waals surface area contributed by atoms with Crippen LogP contribution in [0, 0.1) is 12.3 Å². The lowest BCUT2D eigenvalue weighted by Crippen LogP contribution is -2.46. The first kappa shape index (κ1) is 19.8. The van der Waals surface area contributed by atoms with Crippen molar-refractivity contribution in [3.8, 4) is 18.1 Å². The van der Waals surface area contributed by atoms with E-state index in [4.69, 9.17) is 20.3 Å². The Morgan fingerprint density at radius 1 is 1.17 bits per heavy atom. The number of ether oxygens (including phenoxy) is 2. The van der Waals surface area contributed by atoms with Crippen molar-refractivity contribution in [3.63, 3.8) is 0 Å². The zero-order valence-electron chi connectivity index (χ0n) is 15.5. The predicted octanol–water partition coefficient (Wildman–Crippen LogP) is 4.62. The molecular weight excluding hydrogens is 304 g/mol. The molecule has 0 aromatic heterocycles. The molecule has 0 amide bonds. The van der Waals surface area contributed by atoms with Crippen molar-refractivity contribution in [2.24, 2.45) is 0 Å². The van der Waals surface area contributed by atoms with Gasteiger partial charge in [0.2, 0.25) is 0 Å². The molecule has 128 valence electrons. The van der Waals surface area contributed by atoms with E-state index in [-0.39, 0.29) is 17.2 Å². The fourth-order valence-corrected chi connectivity index (χ4v) is 3.34. The first-order valence-corrected chi connectivity index (χ1v) is 10.9. The molecule has 2 atom stereocenters. The van der Waals surface area contributed by atoms with E-state index in [1.54, 1.807) is 7.11 Å². The SMILES string of the molecule is C#C[C@@H](OCc1ccc(OC)cc1)[C@H](C)O[Si](C)(C)C(C)(C)C. The fraction of sp³-hybridized carbons (Fsp3) is 0.579. The lowest BCUT2D eigenvalue weighted by molar-refractivity contribution is 0.00102. The van der Waals surface area contributed by atoms with Gasteiger partial charge in [0.1, 0.15) is 11.9 Å². The Kier molecular flexibility index (Phi) is 6.88. The van der Waals surface area contributed by atoms with E-state index in [1.807, 2.05) is 31.2 Å². The molecule has 0 fully saturated rings. The monoisotopic (exact) mass is 334 g/mol. The smallest absolute Gasteiger partial charge is 0.192 e. The standard InChI is InChI=1S/C19H30O3Si/c1-9-18(15(2)22-23(7,8)19(3,4)5)21-14-16-10-12-17(20-6)13-11-16/h1,10-13,15,18H,14H2,2-8H3/t15-,18+/m0/s1. The molecule has 0 N–H and O–H groups in total. The second-order valence-corrected chi connectivity index (χ2v) is 12.1. The molecule has 4 heteroatoms. The quantitative estimate of drug-likeness (QED) is 0.538. The summed E-state index contributed by atoms with van der Waals surface area (Å²) in [6.07, 6.45) is 5.17. The van der Waals surface area contributed by atoms with Gasteiger partial charge in [-0.1, -0.05) is 38.8 Å². The lowest BCUT2D eigenvalue weighted by atomic mass is 10.2. The van der Waals surface area contributed by atoms with Crippen molar-refractivity contribution < 1.29 is 13.9 Å². The van der Waals surface area contributed by atoms with E-state index in [9.17, 15) is 0 Å². The van der Waals surface area contributed by atoms with E-state index in [0.29, 0.717) is 6.61 Å². The third kappa shape index (κ3) is 5.69. The molecule has 1 aromatic rings. The number of rotatable bonds is 7. The topological polar surface area (TPSA) is 27.7 Å². The highest BCUT2D eigenvalue weighted by atomic mass is 28.4. The molecular formula is C19H30O3Si. The Balaban J connectivity index is 2.64. The maximum Gasteiger partial charge on any atom is 0.192 e. The van der Waals surface area contributed by atoms with Crippen molar-refractivity contribution in [2.45, 2.75) is 64.6 Å². The van der Waals surface area contributed by atoms with Gasteiger partial charge in [0.25, 0.3) is 0 Å². The number of methoxy groups -OCH3 is 1. The Bertz CT molecular complexity index is 523. The molecule has 1 rings (SSSR count). The molecule has 0 spiro atoms. The second kappa shape index (κ2) is 8.01. The van der Waals surface area contributed by atoms with E-state index in [1.165, 1.54) is 0 Å². The van der Waals surface area contributed by atoms with Gasteiger partial charge < -0.3 is 13.9 Å². The summed E-state index contributed by atoms with van der Waals surface area (Å²) in [4.78, 5) is 0. The minimum absolute atomic E-state index is 0.126. The van der Waals surface area contributed by atoms with Crippen molar-refractivity contribution in [2.75, 3.05) is 7.11 Å². The van der Waals surface area contributed by atoms with Gasteiger partial charge in [-0.2, -0.15) is 0 Å². The van der Waals surface area contributed by atoms with Crippen LogP contribution in [0.1, 0.15) is 33.3 Å². The van der Waals surface area contributed by atoms with E-state index in [2.05, 4.69) is 39.8 Å². The second-order valence-electron chi connectivity index (χ2n) is 7.33. The molecule has 0 unspecified atom stereocenters. The molecule has 23 heavy (non-hydrogen) atoms. The van der Waals surface area contributed by atoms with Gasteiger partial charge in [-0.25, -0.2) is 0 Å². The van der Waals surface area contributed by atoms with Crippen molar-refractivity contribution >= 4 is 8.32 Å². The molecule has 0 heterocycles. The third-order valence-corrected chi connectivity index (χ3v) is 9.04. The maximum atomic E-state index is 6.33. The number of terminal acetylenes is 1. The van der Waals surface area contributed by atoms with Gasteiger partial charge in [-0.05, 0) is 42.8 Å². The van der Waals surface area contributed by atoms with Crippen LogP contribution >= 0.6 is 0 Å². The Morgan fingerprint density at radius 3 is 2.17 bits per heavy atom. The van der Waals surface area contributed by atoms with Gasteiger partial charge >= 0.3 is 0 Å². The van der Waals surface area contributed by atoms with Gasteiger partial charge in [0.05, 0.1) is 19.8 Å². The summed E-state index contributed by atoms with van der Waals surface area (Å²) in [5.74, 6) is 3.55. The van der Waals surface area contributed by atoms with Crippen LogP contribution in [0.25, 0.3) is 0 Å². The summed E-state index contributed by atoms with van der Waals surface area (Å²) < 4.78 is 17.4. The van der Waals surface area contributed by atoms with Crippen LogP contribution in [0.15, 0.2) is 24.3 Å². The summed E-state index contributed by atoms with van der Waals surface area (Å²) >= 11 is 0. The average molecular weight is 335 g/mol. The molecule has 0 radical (unpaired) electrons. The maximum absolute atomic E-state index is 6.33. The first-order chi connectivity index (χ1) is 10.6. The Hall–Kier alpha value is -1.28. The van der Waals surface area contributed by atoms with Crippen LogP contribution in [-0.4, -0.2) is 27.6 Å². The van der Waals surface area contributed by atoms with Crippen molar-refractivity contribution in [3.05, 3.63) is 29.8 Å². The predicted molar refractivity (Wildman–Crippen MR) is 98.1 cm³/mol. The van der Waals surface area contributed by atoms with Gasteiger partial charge in [-0.15, -0.1) is 6.42 Å². The average Bonchev–Trinajstić information content (AvgIpc) is 2.46. The fourth-order valence-electron chi connectivity index (χ4n) is 1.93. The summed E-state index contributed by atoms with van der Waals surface area (Å²) in [5.41, 5.74) is 1.06. The molecule has 0 aliphatic heterocycles. The van der Waals surface area contributed by atoms with Gasteiger partial charge in [0, 0.05) is 0 Å². The molecule has 0 saturated carbocycles. The van der Waals surface area contributed by atoms with Crippen LogP contribution in [0.5, 0.6) is 5.75 Å². The van der Waals surface area contributed by atoms with E-state index in [0.717, 1.165) is 11.3 Å². The number of hydrogen-bond acceptors (Lipinski definition) is 3. The van der Waals surface area contributed by atoms with Crippen LogP contribution in [0.4, 0.5) is 0 Å². The summed E-state index contributed by atoms with van der Waals surface area (Å²) in [6.45, 7) is 13.6. The van der Waals surface area contributed by atoms with Gasteiger partial charge in [-0.3, -0.25) is 0 Å². The molecule has 0 aliphatic carbocycles. The molecule has 1 aromatic carbocycles. The summed E-state index contributed by atoms with van der Waals surface area (Å²) in [5, 5.41) is 0.149. The van der Waals surface area contributed by atoms with Gasteiger partial charge in [0.15, 0.2) is 8.32 Å². The number of benzene rings is 1. The highest BCUT2D eigenvalue weighted by Crippen LogP contribution is 2.37. The zero-order valence-corrected chi connectivity index (χ0v) is 16.5. The van der Waals surface area contributed by atoms with Crippen molar-refractivity contribution in [1.82, 2.24) is 0 Å². The zero-order chi connectivity index (χ0) is 17.7. The minimum Gasteiger partial charge on any atom is -0.497 e. The van der Waals surface area contributed by atoms with Crippen molar-refractivity contribution in [1.29, 1.82) is 0 Å². The largest absolute Gasteiger partial charge is 0.497 e. The lowest BCUT2D eigenvalue weighted by Gasteiger charge is -2.39. The molecule has 0 aliphatic rings.